The Morgan fingerprint density at radius 1 is 1.36 bits per heavy atom. The average Bonchev–Trinajstić information content (AvgIpc) is 2.45. The van der Waals surface area contributed by atoms with E-state index in [1.165, 1.54) is 13.3 Å². The molecule has 0 amide bonds. The molecule has 7 heteroatoms. The number of halogens is 3. The third-order valence-electron chi connectivity index (χ3n) is 4.20. The minimum absolute atomic E-state index is 0.0426. The molecule has 1 saturated heterocycles. The van der Waals surface area contributed by atoms with E-state index < -0.39 is 28.4 Å². The highest BCUT2D eigenvalue weighted by atomic mass is 32.2. The molecule has 3 nitrogen and oxygen atoms in total. The minimum Gasteiger partial charge on any atom is -0.481 e. The Labute approximate surface area is 129 Å². The van der Waals surface area contributed by atoms with Crippen LogP contribution in [-0.2, 0) is 17.0 Å². The van der Waals surface area contributed by atoms with E-state index in [-0.39, 0.29) is 10.5 Å². The quantitative estimate of drug-likeness (QED) is 0.832. The van der Waals surface area contributed by atoms with Gasteiger partial charge in [0.15, 0.2) is 0 Å². The molecule has 22 heavy (non-hydrogen) atoms. The van der Waals surface area contributed by atoms with Gasteiger partial charge in [-0.3, -0.25) is 4.21 Å². The van der Waals surface area contributed by atoms with E-state index in [0.29, 0.717) is 12.0 Å². The summed E-state index contributed by atoms with van der Waals surface area (Å²) in [6.45, 7) is 0. The van der Waals surface area contributed by atoms with E-state index in [0.717, 1.165) is 30.9 Å². The van der Waals surface area contributed by atoms with Crippen LogP contribution in [0.3, 0.4) is 0 Å². The first-order valence-electron chi connectivity index (χ1n) is 7.12. The zero-order valence-electron chi connectivity index (χ0n) is 12.0. The third kappa shape index (κ3) is 2.78. The summed E-state index contributed by atoms with van der Waals surface area (Å²) in [6.07, 6.45) is 2.05. The van der Waals surface area contributed by atoms with Gasteiger partial charge in [0, 0.05) is 22.2 Å². The zero-order chi connectivity index (χ0) is 15.9. The normalized spacial score (nSPS) is 28.2. The van der Waals surface area contributed by atoms with Gasteiger partial charge in [0.25, 0.3) is 0 Å². The van der Waals surface area contributed by atoms with Crippen LogP contribution in [0.15, 0.2) is 18.3 Å². The van der Waals surface area contributed by atoms with Crippen molar-refractivity contribution in [2.75, 3.05) is 7.11 Å². The highest BCUT2D eigenvalue weighted by molar-refractivity contribution is 7.86. The molecule has 3 rings (SSSR count). The number of hydrogen-bond acceptors (Lipinski definition) is 3. The Balaban J connectivity index is 2.01. The summed E-state index contributed by atoms with van der Waals surface area (Å²) >= 11 is 0. The fraction of sp³-hybridized carbons (Fsp3) is 0.533. The number of rotatable bonds is 2. The maximum absolute atomic E-state index is 13.1. The summed E-state index contributed by atoms with van der Waals surface area (Å²) < 4.78 is 56.1. The summed E-state index contributed by atoms with van der Waals surface area (Å²) in [7, 11) is 0.269. The number of fused-ring (bicyclic) bond motifs is 2. The molecule has 3 atom stereocenters. The highest BCUT2D eigenvalue weighted by Gasteiger charge is 2.37. The van der Waals surface area contributed by atoms with Gasteiger partial charge in [-0.05, 0) is 36.5 Å². The molecule has 0 saturated carbocycles. The largest absolute Gasteiger partial charge is 0.481 e. The molecule has 2 aliphatic heterocycles. The first-order chi connectivity index (χ1) is 10.4. The van der Waals surface area contributed by atoms with E-state index in [9.17, 15) is 17.4 Å². The molecule has 3 heterocycles. The van der Waals surface area contributed by atoms with Crippen molar-refractivity contribution in [3.63, 3.8) is 0 Å². The molecule has 0 aliphatic carbocycles. The van der Waals surface area contributed by atoms with Gasteiger partial charge in [-0.2, -0.15) is 13.2 Å². The number of methoxy groups -OCH3 is 1. The number of ether oxygens (including phenoxy) is 1. The standard InChI is InChI=1S/C15H16F3NO2S/c1-21-14-13(15(16,17)18)7-10(8-19-14)9-5-11-3-2-4-12(6-9)22(11)20/h5,7-8,11-12H,2-4,6H2,1H3. The number of hydrogen-bond donors (Lipinski definition) is 0. The van der Waals surface area contributed by atoms with Crippen LogP contribution in [0, 0.1) is 0 Å². The van der Waals surface area contributed by atoms with Crippen LogP contribution in [-0.4, -0.2) is 26.8 Å². The third-order valence-corrected chi connectivity index (χ3v) is 6.23. The molecule has 2 bridgehead atoms. The molecule has 1 aromatic rings. The van der Waals surface area contributed by atoms with Crippen molar-refractivity contribution in [1.82, 2.24) is 4.98 Å². The topological polar surface area (TPSA) is 39.2 Å². The Kier molecular flexibility index (Phi) is 4.01. The van der Waals surface area contributed by atoms with Gasteiger partial charge in [0.05, 0.1) is 12.4 Å². The number of nitrogens with zero attached hydrogens (tertiary/aromatic N) is 1. The monoisotopic (exact) mass is 331 g/mol. The lowest BCUT2D eigenvalue weighted by Crippen LogP contribution is -2.33. The van der Waals surface area contributed by atoms with Gasteiger partial charge >= 0.3 is 6.18 Å². The Hall–Kier alpha value is -1.37. The van der Waals surface area contributed by atoms with Crippen molar-refractivity contribution in [1.29, 1.82) is 0 Å². The smallest absolute Gasteiger partial charge is 0.421 e. The van der Waals surface area contributed by atoms with Crippen LogP contribution in [0.1, 0.15) is 36.8 Å². The SMILES string of the molecule is COc1ncc(C2=CC3CCCC(C2)S3=O)cc1C(F)(F)F. The Morgan fingerprint density at radius 3 is 2.77 bits per heavy atom. The van der Waals surface area contributed by atoms with Crippen molar-refractivity contribution in [2.24, 2.45) is 0 Å². The molecule has 2 aliphatic rings. The summed E-state index contributed by atoms with van der Waals surface area (Å²) in [5.41, 5.74) is 0.391. The number of pyridine rings is 1. The van der Waals surface area contributed by atoms with Crippen molar-refractivity contribution < 1.29 is 22.1 Å². The van der Waals surface area contributed by atoms with Crippen molar-refractivity contribution in [2.45, 2.75) is 42.4 Å². The van der Waals surface area contributed by atoms with E-state index in [1.54, 1.807) is 0 Å². The predicted molar refractivity (Wildman–Crippen MR) is 78.0 cm³/mol. The van der Waals surface area contributed by atoms with Gasteiger partial charge in [-0.25, -0.2) is 4.98 Å². The first-order valence-corrected chi connectivity index (χ1v) is 8.39. The van der Waals surface area contributed by atoms with Crippen molar-refractivity contribution in [3.05, 3.63) is 29.5 Å². The van der Waals surface area contributed by atoms with Crippen LogP contribution in [0.2, 0.25) is 0 Å². The molecule has 0 spiro atoms. The van der Waals surface area contributed by atoms with Crippen LogP contribution < -0.4 is 4.74 Å². The lowest BCUT2D eigenvalue weighted by molar-refractivity contribution is -0.139. The van der Waals surface area contributed by atoms with E-state index in [2.05, 4.69) is 4.98 Å². The van der Waals surface area contributed by atoms with Gasteiger partial charge in [-0.1, -0.05) is 12.5 Å². The van der Waals surface area contributed by atoms with Gasteiger partial charge in [-0.15, -0.1) is 0 Å². The minimum atomic E-state index is -4.51. The Morgan fingerprint density at radius 2 is 2.14 bits per heavy atom. The molecule has 1 fully saturated rings. The molecule has 0 N–H and O–H groups in total. The summed E-state index contributed by atoms with van der Waals surface area (Å²) in [5.74, 6) is -0.420. The van der Waals surface area contributed by atoms with Crippen LogP contribution >= 0.6 is 0 Å². The number of aromatic nitrogens is 1. The average molecular weight is 331 g/mol. The second-order valence-electron chi connectivity index (χ2n) is 5.59. The Bertz CT molecular complexity index is 642. The van der Waals surface area contributed by atoms with Gasteiger partial charge in [0.2, 0.25) is 5.88 Å². The van der Waals surface area contributed by atoms with Crippen LogP contribution in [0.5, 0.6) is 5.88 Å². The number of allylic oxidation sites excluding steroid dienone is 1. The predicted octanol–water partition coefficient (Wildman–Crippen LogP) is 3.57. The zero-order valence-corrected chi connectivity index (χ0v) is 12.8. The second kappa shape index (κ2) is 5.68. The van der Waals surface area contributed by atoms with Crippen LogP contribution in [0.25, 0.3) is 5.57 Å². The molecular formula is C15H16F3NO2S. The molecule has 120 valence electrons. The lowest BCUT2D eigenvalue weighted by Gasteiger charge is -2.32. The second-order valence-corrected chi connectivity index (χ2v) is 7.52. The first kappa shape index (κ1) is 15.5. The van der Waals surface area contributed by atoms with E-state index >= 15 is 0 Å². The molecule has 3 unspecified atom stereocenters. The molecule has 0 radical (unpaired) electrons. The maximum atomic E-state index is 13.1. The fourth-order valence-corrected chi connectivity index (χ4v) is 5.04. The maximum Gasteiger partial charge on any atom is 0.421 e. The van der Waals surface area contributed by atoms with Crippen molar-refractivity contribution in [3.8, 4) is 5.88 Å². The van der Waals surface area contributed by atoms with Crippen molar-refractivity contribution >= 4 is 16.4 Å². The summed E-state index contributed by atoms with van der Waals surface area (Å²) in [4.78, 5) is 3.79. The highest BCUT2D eigenvalue weighted by Crippen LogP contribution is 2.40. The molecular weight excluding hydrogens is 315 g/mol. The number of alkyl halides is 3. The molecule has 1 aromatic heterocycles. The van der Waals surface area contributed by atoms with E-state index in [1.807, 2.05) is 6.08 Å². The summed E-state index contributed by atoms with van der Waals surface area (Å²) in [6, 6.07) is 1.08. The fourth-order valence-electron chi connectivity index (χ4n) is 3.11. The summed E-state index contributed by atoms with van der Waals surface area (Å²) in [5, 5.41) is 0.00845. The van der Waals surface area contributed by atoms with Gasteiger partial charge in [0.1, 0.15) is 5.56 Å². The lowest BCUT2D eigenvalue weighted by atomic mass is 9.93. The van der Waals surface area contributed by atoms with E-state index in [4.69, 9.17) is 4.74 Å². The molecule has 0 aromatic carbocycles. The van der Waals surface area contributed by atoms with Gasteiger partial charge < -0.3 is 4.74 Å². The van der Waals surface area contributed by atoms with Crippen LogP contribution in [0.4, 0.5) is 13.2 Å².